The molecule has 21 heavy (non-hydrogen) atoms. The van der Waals surface area contributed by atoms with E-state index in [-0.39, 0.29) is 12.6 Å². The molecule has 6 heteroatoms. The van der Waals surface area contributed by atoms with Gasteiger partial charge in [0.05, 0.1) is 5.52 Å². The van der Waals surface area contributed by atoms with Crippen molar-refractivity contribution in [3.05, 3.63) is 42.1 Å². The lowest BCUT2D eigenvalue weighted by Gasteiger charge is -2.18. The monoisotopic (exact) mass is 298 g/mol. The van der Waals surface area contributed by atoms with Crippen LogP contribution in [0.1, 0.15) is 18.0 Å². The summed E-state index contributed by atoms with van der Waals surface area (Å²) in [6.45, 7) is -1.16. The Balaban J connectivity index is 2.06. The molecule has 2 rings (SSSR count). The molecule has 2 aromatic rings. The summed E-state index contributed by atoms with van der Waals surface area (Å²) in [4.78, 5) is 4.28. The summed E-state index contributed by atoms with van der Waals surface area (Å²) < 4.78 is 40.8. The lowest BCUT2D eigenvalue weighted by molar-refractivity contribution is -0.174. The summed E-state index contributed by atoms with van der Waals surface area (Å²) in [7, 11) is 1.78. The average Bonchev–Trinajstić information content (AvgIpc) is 2.46. The van der Waals surface area contributed by atoms with Crippen LogP contribution in [0.3, 0.4) is 0 Å². The molecule has 1 aromatic carbocycles. The quantitative estimate of drug-likeness (QED) is 0.829. The molecule has 0 radical (unpaired) electrons. The minimum Gasteiger partial charge on any atom is -0.372 e. The first-order chi connectivity index (χ1) is 10.0. The summed E-state index contributed by atoms with van der Waals surface area (Å²) in [6.07, 6.45) is -2.11. The molecule has 1 unspecified atom stereocenters. The number of fused-ring (bicyclic) bond motifs is 1. The van der Waals surface area contributed by atoms with Gasteiger partial charge in [-0.3, -0.25) is 4.98 Å². The summed E-state index contributed by atoms with van der Waals surface area (Å²) in [5.41, 5.74) is 1.88. The third-order valence-corrected chi connectivity index (χ3v) is 3.22. The lowest BCUT2D eigenvalue weighted by Crippen LogP contribution is -2.21. The van der Waals surface area contributed by atoms with E-state index in [1.807, 2.05) is 30.3 Å². The van der Waals surface area contributed by atoms with Crippen molar-refractivity contribution in [3.8, 4) is 0 Å². The normalized spacial score (nSPS) is 13.5. The minimum absolute atomic E-state index is 0.0433. The van der Waals surface area contributed by atoms with Crippen molar-refractivity contribution in [1.82, 2.24) is 10.3 Å². The highest BCUT2D eigenvalue weighted by atomic mass is 19.4. The molecule has 1 N–H and O–H groups in total. The highest BCUT2D eigenvalue weighted by Crippen LogP contribution is 2.25. The highest BCUT2D eigenvalue weighted by Gasteiger charge is 2.27. The first-order valence-corrected chi connectivity index (χ1v) is 6.66. The maximum atomic E-state index is 12.0. The lowest BCUT2D eigenvalue weighted by atomic mass is 9.99. The van der Waals surface area contributed by atoms with E-state index in [0.29, 0.717) is 6.42 Å². The Labute approximate surface area is 121 Å². The van der Waals surface area contributed by atoms with Gasteiger partial charge in [-0.15, -0.1) is 0 Å². The Morgan fingerprint density at radius 2 is 2.05 bits per heavy atom. The Kier molecular flexibility index (Phi) is 5.14. The van der Waals surface area contributed by atoms with Crippen molar-refractivity contribution >= 4 is 10.9 Å². The van der Waals surface area contributed by atoms with E-state index in [2.05, 4.69) is 15.0 Å². The SMILES string of the molecule is CNC(CCOCC(F)(F)F)c1cccc2ncccc12. The van der Waals surface area contributed by atoms with Gasteiger partial charge in [-0.05, 0) is 31.2 Å². The van der Waals surface area contributed by atoms with Gasteiger partial charge < -0.3 is 10.1 Å². The molecule has 0 saturated heterocycles. The molecule has 1 atom stereocenters. The van der Waals surface area contributed by atoms with Crippen molar-refractivity contribution in [3.63, 3.8) is 0 Å². The zero-order chi connectivity index (χ0) is 15.3. The molecule has 0 spiro atoms. The molecular weight excluding hydrogens is 281 g/mol. The van der Waals surface area contributed by atoms with E-state index in [1.54, 1.807) is 13.2 Å². The smallest absolute Gasteiger partial charge is 0.372 e. The maximum Gasteiger partial charge on any atom is 0.411 e. The second-order valence-corrected chi connectivity index (χ2v) is 4.72. The van der Waals surface area contributed by atoms with Gasteiger partial charge in [0, 0.05) is 24.2 Å². The van der Waals surface area contributed by atoms with Gasteiger partial charge in [0.2, 0.25) is 0 Å². The predicted molar refractivity (Wildman–Crippen MR) is 75.0 cm³/mol. The number of halogens is 3. The second kappa shape index (κ2) is 6.87. The number of nitrogens with one attached hydrogen (secondary N) is 1. The van der Waals surface area contributed by atoms with Crippen LogP contribution >= 0.6 is 0 Å². The molecule has 0 aliphatic rings. The van der Waals surface area contributed by atoms with Gasteiger partial charge in [0.15, 0.2) is 0 Å². The summed E-state index contributed by atoms with van der Waals surface area (Å²) in [6, 6.07) is 9.48. The number of rotatable bonds is 6. The van der Waals surface area contributed by atoms with E-state index in [9.17, 15) is 13.2 Å². The van der Waals surface area contributed by atoms with Gasteiger partial charge in [-0.1, -0.05) is 18.2 Å². The summed E-state index contributed by atoms with van der Waals surface area (Å²) in [5.74, 6) is 0. The molecule has 0 amide bonds. The molecule has 0 saturated carbocycles. The Bertz CT molecular complexity index is 581. The van der Waals surface area contributed by atoms with Crippen LogP contribution in [0.4, 0.5) is 13.2 Å². The first kappa shape index (κ1) is 15.7. The minimum atomic E-state index is -4.28. The number of alkyl halides is 3. The molecule has 1 aromatic heterocycles. The standard InChI is InChI=1S/C15H17F3N2O/c1-19-13(7-9-21-10-15(16,17)18)11-4-2-6-14-12(11)5-3-8-20-14/h2-6,8,13,19H,7,9-10H2,1H3. The topological polar surface area (TPSA) is 34.1 Å². The molecule has 0 aliphatic heterocycles. The Morgan fingerprint density at radius 3 is 2.76 bits per heavy atom. The van der Waals surface area contributed by atoms with Crippen molar-refractivity contribution in [2.45, 2.75) is 18.6 Å². The van der Waals surface area contributed by atoms with Gasteiger partial charge >= 0.3 is 6.18 Å². The number of pyridine rings is 1. The fourth-order valence-electron chi connectivity index (χ4n) is 2.28. The molecule has 3 nitrogen and oxygen atoms in total. The van der Waals surface area contributed by atoms with Gasteiger partial charge in [-0.25, -0.2) is 0 Å². The summed E-state index contributed by atoms with van der Waals surface area (Å²) >= 11 is 0. The number of ether oxygens (including phenoxy) is 1. The Morgan fingerprint density at radius 1 is 1.24 bits per heavy atom. The fourth-order valence-corrected chi connectivity index (χ4v) is 2.28. The van der Waals surface area contributed by atoms with Crippen LogP contribution < -0.4 is 5.32 Å². The van der Waals surface area contributed by atoms with Crippen LogP contribution in [-0.4, -0.2) is 31.4 Å². The molecule has 0 aliphatic carbocycles. The molecule has 0 bridgehead atoms. The Hall–Kier alpha value is -1.66. The van der Waals surface area contributed by atoms with Gasteiger partial charge in [-0.2, -0.15) is 13.2 Å². The predicted octanol–water partition coefficient (Wildman–Crippen LogP) is 3.46. The van der Waals surface area contributed by atoms with E-state index >= 15 is 0 Å². The average molecular weight is 298 g/mol. The van der Waals surface area contributed by atoms with Gasteiger partial charge in [0.1, 0.15) is 6.61 Å². The first-order valence-electron chi connectivity index (χ1n) is 6.66. The van der Waals surface area contributed by atoms with E-state index < -0.39 is 12.8 Å². The van der Waals surface area contributed by atoms with Crippen molar-refractivity contribution in [2.24, 2.45) is 0 Å². The van der Waals surface area contributed by atoms with Crippen LogP contribution in [0.25, 0.3) is 10.9 Å². The summed E-state index contributed by atoms with van der Waals surface area (Å²) in [5, 5.41) is 4.11. The number of nitrogens with zero attached hydrogens (tertiary/aromatic N) is 1. The van der Waals surface area contributed by atoms with Crippen LogP contribution in [0.5, 0.6) is 0 Å². The van der Waals surface area contributed by atoms with Crippen molar-refractivity contribution in [2.75, 3.05) is 20.3 Å². The van der Waals surface area contributed by atoms with Crippen LogP contribution in [-0.2, 0) is 4.74 Å². The molecule has 0 fully saturated rings. The third kappa shape index (κ3) is 4.41. The number of benzene rings is 1. The van der Waals surface area contributed by atoms with E-state index in [4.69, 9.17) is 0 Å². The zero-order valence-corrected chi connectivity index (χ0v) is 11.7. The second-order valence-electron chi connectivity index (χ2n) is 4.72. The van der Waals surface area contributed by atoms with Crippen molar-refractivity contribution in [1.29, 1.82) is 0 Å². The van der Waals surface area contributed by atoms with Gasteiger partial charge in [0.25, 0.3) is 0 Å². The van der Waals surface area contributed by atoms with Crippen molar-refractivity contribution < 1.29 is 17.9 Å². The zero-order valence-electron chi connectivity index (χ0n) is 11.7. The number of hydrogen-bond donors (Lipinski definition) is 1. The third-order valence-electron chi connectivity index (χ3n) is 3.22. The van der Waals surface area contributed by atoms with Crippen LogP contribution in [0.2, 0.25) is 0 Å². The fraction of sp³-hybridized carbons (Fsp3) is 0.400. The van der Waals surface area contributed by atoms with Crippen LogP contribution in [0, 0.1) is 0 Å². The van der Waals surface area contributed by atoms with E-state index in [1.165, 1.54) is 0 Å². The number of aromatic nitrogens is 1. The number of hydrogen-bond acceptors (Lipinski definition) is 3. The van der Waals surface area contributed by atoms with E-state index in [0.717, 1.165) is 16.5 Å². The molecular formula is C15H17F3N2O. The molecule has 114 valence electrons. The highest BCUT2D eigenvalue weighted by molar-refractivity contribution is 5.82. The molecule has 1 heterocycles. The van der Waals surface area contributed by atoms with Crippen LogP contribution in [0.15, 0.2) is 36.5 Å². The largest absolute Gasteiger partial charge is 0.411 e. The maximum absolute atomic E-state index is 12.0.